The van der Waals surface area contributed by atoms with E-state index in [0.29, 0.717) is 22.9 Å². The van der Waals surface area contributed by atoms with Crippen LogP contribution >= 0.6 is 22.6 Å². The van der Waals surface area contributed by atoms with Crippen molar-refractivity contribution < 1.29 is 9.59 Å². The van der Waals surface area contributed by atoms with Crippen molar-refractivity contribution >= 4 is 40.1 Å². The fraction of sp³-hybridized carbons (Fsp3) is 0.176. The molecular formula is C17H15IN2O2. The maximum absolute atomic E-state index is 12.3. The lowest BCUT2D eigenvalue weighted by Crippen LogP contribution is -2.25. The van der Waals surface area contributed by atoms with Crippen LogP contribution in [0.25, 0.3) is 0 Å². The van der Waals surface area contributed by atoms with Crippen LogP contribution in [0.1, 0.15) is 33.6 Å². The predicted octanol–water partition coefficient (Wildman–Crippen LogP) is 3.44. The van der Waals surface area contributed by atoms with Crippen LogP contribution in [-0.4, -0.2) is 17.9 Å². The number of amides is 2. The van der Waals surface area contributed by atoms with Crippen LogP contribution in [0.2, 0.25) is 0 Å². The molecule has 1 fully saturated rings. The van der Waals surface area contributed by atoms with Gasteiger partial charge in [0.1, 0.15) is 0 Å². The molecule has 4 nitrogen and oxygen atoms in total. The fourth-order valence-corrected chi connectivity index (χ4v) is 2.71. The van der Waals surface area contributed by atoms with Crippen molar-refractivity contribution in [1.29, 1.82) is 0 Å². The summed E-state index contributed by atoms with van der Waals surface area (Å²) in [6, 6.07) is 14.7. The third kappa shape index (κ3) is 3.65. The van der Waals surface area contributed by atoms with Crippen molar-refractivity contribution in [2.45, 2.75) is 18.9 Å². The van der Waals surface area contributed by atoms with Crippen LogP contribution in [0.5, 0.6) is 0 Å². The van der Waals surface area contributed by atoms with Gasteiger partial charge in [-0.3, -0.25) is 9.59 Å². The number of rotatable bonds is 4. The van der Waals surface area contributed by atoms with Crippen LogP contribution in [0.3, 0.4) is 0 Å². The Balaban J connectivity index is 1.73. The molecule has 0 aromatic heterocycles. The minimum atomic E-state index is -0.176. The lowest BCUT2D eigenvalue weighted by molar-refractivity contribution is 0.0949. The van der Waals surface area contributed by atoms with E-state index in [-0.39, 0.29) is 11.8 Å². The molecule has 5 heteroatoms. The number of halogens is 1. The molecule has 0 saturated heterocycles. The summed E-state index contributed by atoms with van der Waals surface area (Å²) in [4.78, 5) is 24.3. The SMILES string of the molecule is O=C(NC1CC1)c1cccc(NC(=O)c2ccccc2I)c1. The van der Waals surface area contributed by atoms with Crippen molar-refractivity contribution in [3.05, 3.63) is 63.2 Å². The Kier molecular flexibility index (Phi) is 4.42. The second kappa shape index (κ2) is 6.48. The number of nitrogens with one attached hydrogen (secondary N) is 2. The van der Waals surface area contributed by atoms with Gasteiger partial charge in [0.05, 0.1) is 5.56 Å². The van der Waals surface area contributed by atoms with E-state index in [1.165, 1.54) is 0 Å². The highest BCUT2D eigenvalue weighted by molar-refractivity contribution is 14.1. The van der Waals surface area contributed by atoms with Gasteiger partial charge < -0.3 is 10.6 Å². The minimum Gasteiger partial charge on any atom is -0.349 e. The van der Waals surface area contributed by atoms with Gasteiger partial charge in [-0.25, -0.2) is 0 Å². The van der Waals surface area contributed by atoms with Crippen molar-refractivity contribution in [3.8, 4) is 0 Å². The van der Waals surface area contributed by atoms with Crippen molar-refractivity contribution in [3.63, 3.8) is 0 Å². The molecule has 0 aliphatic heterocycles. The number of carbonyl (C=O) groups is 2. The average molecular weight is 406 g/mol. The molecule has 0 unspecified atom stereocenters. The maximum Gasteiger partial charge on any atom is 0.256 e. The molecule has 0 spiro atoms. The first-order valence-corrected chi connectivity index (χ1v) is 8.18. The fourth-order valence-electron chi connectivity index (χ4n) is 2.08. The molecule has 1 saturated carbocycles. The second-order valence-corrected chi connectivity index (χ2v) is 6.42. The second-order valence-electron chi connectivity index (χ2n) is 5.26. The highest BCUT2D eigenvalue weighted by Crippen LogP contribution is 2.20. The van der Waals surface area contributed by atoms with Gasteiger partial charge >= 0.3 is 0 Å². The summed E-state index contributed by atoms with van der Waals surface area (Å²) in [7, 11) is 0. The van der Waals surface area contributed by atoms with Crippen LogP contribution in [0.15, 0.2) is 48.5 Å². The van der Waals surface area contributed by atoms with Crippen LogP contribution < -0.4 is 10.6 Å². The summed E-state index contributed by atoms with van der Waals surface area (Å²) in [5, 5.41) is 5.78. The van der Waals surface area contributed by atoms with Crippen molar-refractivity contribution in [1.82, 2.24) is 5.32 Å². The smallest absolute Gasteiger partial charge is 0.256 e. The van der Waals surface area contributed by atoms with E-state index in [4.69, 9.17) is 0 Å². The molecule has 2 aromatic carbocycles. The molecule has 2 amide bonds. The third-order valence-electron chi connectivity index (χ3n) is 3.41. The maximum atomic E-state index is 12.3. The average Bonchev–Trinajstić information content (AvgIpc) is 3.32. The third-order valence-corrected chi connectivity index (χ3v) is 4.35. The molecule has 0 bridgehead atoms. The van der Waals surface area contributed by atoms with Crippen LogP contribution in [0.4, 0.5) is 5.69 Å². The van der Waals surface area contributed by atoms with Gasteiger partial charge in [-0.1, -0.05) is 18.2 Å². The van der Waals surface area contributed by atoms with Crippen molar-refractivity contribution in [2.24, 2.45) is 0 Å². The summed E-state index contributed by atoms with van der Waals surface area (Å²) in [6.45, 7) is 0. The predicted molar refractivity (Wildman–Crippen MR) is 94.0 cm³/mol. The Labute approximate surface area is 142 Å². The molecular weight excluding hydrogens is 391 g/mol. The first kappa shape index (κ1) is 15.0. The molecule has 1 aliphatic carbocycles. The van der Waals surface area contributed by atoms with E-state index >= 15 is 0 Å². The number of anilines is 1. The normalized spacial score (nSPS) is 13.5. The van der Waals surface area contributed by atoms with E-state index in [2.05, 4.69) is 33.2 Å². The van der Waals surface area contributed by atoms with Gasteiger partial charge in [-0.2, -0.15) is 0 Å². The first-order chi connectivity index (χ1) is 10.6. The molecule has 3 rings (SSSR count). The molecule has 112 valence electrons. The lowest BCUT2D eigenvalue weighted by Gasteiger charge is -2.09. The molecule has 22 heavy (non-hydrogen) atoms. The zero-order valence-corrected chi connectivity index (χ0v) is 14.0. The lowest BCUT2D eigenvalue weighted by atomic mass is 10.1. The molecule has 0 atom stereocenters. The van der Waals surface area contributed by atoms with Gasteiger partial charge in [-0.05, 0) is 65.8 Å². The highest BCUT2D eigenvalue weighted by atomic mass is 127. The van der Waals surface area contributed by atoms with Gasteiger partial charge in [0.15, 0.2) is 0 Å². The standard InChI is InChI=1S/C17H15IN2O2/c18-15-7-2-1-6-14(15)17(22)20-13-5-3-4-11(10-13)16(21)19-12-8-9-12/h1-7,10,12H,8-9H2,(H,19,21)(H,20,22). The van der Waals surface area contributed by atoms with Crippen LogP contribution in [0, 0.1) is 3.57 Å². The van der Waals surface area contributed by atoms with E-state index in [0.717, 1.165) is 16.4 Å². The zero-order valence-electron chi connectivity index (χ0n) is 11.8. The number of hydrogen-bond acceptors (Lipinski definition) is 2. The highest BCUT2D eigenvalue weighted by Gasteiger charge is 2.23. The summed E-state index contributed by atoms with van der Waals surface area (Å²) < 4.78 is 0.889. The molecule has 0 radical (unpaired) electrons. The van der Waals surface area contributed by atoms with E-state index in [1.807, 2.05) is 18.2 Å². The zero-order chi connectivity index (χ0) is 15.5. The van der Waals surface area contributed by atoms with Gasteiger partial charge in [0.25, 0.3) is 11.8 Å². The summed E-state index contributed by atoms with van der Waals surface area (Å²) >= 11 is 2.13. The van der Waals surface area contributed by atoms with Crippen LogP contribution in [-0.2, 0) is 0 Å². The molecule has 1 aliphatic rings. The van der Waals surface area contributed by atoms with E-state index < -0.39 is 0 Å². The monoisotopic (exact) mass is 406 g/mol. The molecule has 0 heterocycles. The Bertz CT molecular complexity index is 726. The first-order valence-electron chi connectivity index (χ1n) is 7.10. The van der Waals surface area contributed by atoms with Crippen molar-refractivity contribution in [2.75, 3.05) is 5.32 Å². The summed E-state index contributed by atoms with van der Waals surface area (Å²) in [6.07, 6.45) is 2.10. The van der Waals surface area contributed by atoms with Gasteiger partial charge in [-0.15, -0.1) is 0 Å². The Morgan fingerprint density at radius 1 is 1.00 bits per heavy atom. The number of benzene rings is 2. The molecule has 2 aromatic rings. The summed E-state index contributed by atoms with van der Waals surface area (Å²) in [5.74, 6) is -0.266. The topological polar surface area (TPSA) is 58.2 Å². The Morgan fingerprint density at radius 3 is 2.50 bits per heavy atom. The quantitative estimate of drug-likeness (QED) is 0.765. The van der Waals surface area contributed by atoms with E-state index in [9.17, 15) is 9.59 Å². The number of carbonyl (C=O) groups excluding carboxylic acids is 2. The minimum absolute atomic E-state index is 0.0899. The summed E-state index contributed by atoms with van der Waals surface area (Å²) in [5.41, 5.74) is 1.80. The largest absolute Gasteiger partial charge is 0.349 e. The Hall–Kier alpha value is -1.89. The van der Waals surface area contributed by atoms with Gasteiger partial charge in [0, 0.05) is 20.9 Å². The number of hydrogen-bond donors (Lipinski definition) is 2. The van der Waals surface area contributed by atoms with E-state index in [1.54, 1.807) is 30.3 Å². The van der Waals surface area contributed by atoms with Gasteiger partial charge in [0.2, 0.25) is 0 Å². The Morgan fingerprint density at radius 2 is 1.77 bits per heavy atom. The molecule has 2 N–H and O–H groups in total.